The minimum Gasteiger partial charge on any atom is -0.463 e. The number of hydrogen-bond acceptors (Lipinski definition) is 11. The molecule has 0 spiro atoms. The van der Waals surface area contributed by atoms with Crippen LogP contribution in [0.25, 0.3) is 0 Å². The highest BCUT2D eigenvalue weighted by Crippen LogP contribution is 2.28. The van der Waals surface area contributed by atoms with Crippen molar-refractivity contribution in [1.29, 1.82) is 0 Å². The molecule has 2 aliphatic heterocycles. The van der Waals surface area contributed by atoms with E-state index in [1.807, 2.05) is 0 Å². The van der Waals surface area contributed by atoms with E-state index in [1.54, 1.807) is 0 Å². The zero-order valence-corrected chi connectivity index (χ0v) is 13.7. The van der Waals surface area contributed by atoms with Crippen molar-refractivity contribution in [3.63, 3.8) is 0 Å². The molecule has 0 aromatic rings. The summed E-state index contributed by atoms with van der Waals surface area (Å²) in [6.45, 7) is 2.20. The Morgan fingerprint density at radius 1 is 0.920 bits per heavy atom. The normalized spacial score (nSPS) is 48.2. The van der Waals surface area contributed by atoms with Gasteiger partial charge in [0.05, 0.1) is 6.10 Å². The molecule has 146 valence electrons. The lowest BCUT2D eigenvalue weighted by atomic mass is 9.97. The van der Waals surface area contributed by atoms with Gasteiger partial charge in [-0.2, -0.15) is 0 Å². The minimum atomic E-state index is -1.73. The molecule has 0 aromatic carbocycles. The topological polar surface area (TPSA) is 175 Å². The lowest BCUT2D eigenvalue weighted by molar-refractivity contribution is -0.358. The van der Waals surface area contributed by atoms with Gasteiger partial charge in [0.25, 0.3) is 0 Å². The number of rotatable bonds is 4. The fourth-order valence-electron chi connectivity index (χ4n) is 2.69. The molecule has 0 amide bonds. The van der Waals surface area contributed by atoms with Crippen molar-refractivity contribution < 1.29 is 54.4 Å². The van der Waals surface area contributed by atoms with Crippen LogP contribution in [0.3, 0.4) is 0 Å². The Balaban J connectivity index is 2.01. The zero-order chi connectivity index (χ0) is 18.9. The summed E-state index contributed by atoms with van der Waals surface area (Å²) in [6.07, 6.45) is -14.6. The number of carbonyl (C=O) groups is 1. The maximum atomic E-state index is 10.8. The van der Waals surface area contributed by atoms with E-state index in [-0.39, 0.29) is 6.61 Å². The van der Waals surface area contributed by atoms with Crippen LogP contribution in [-0.2, 0) is 23.7 Å². The predicted octanol–water partition coefficient (Wildman–Crippen LogP) is -3.80. The maximum Gasteiger partial charge on any atom is 0.302 e. The molecule has 6 N–H and O–H groups in total. The summed E-state index contributed by atoms with van der Waals surface area (Å²) in [5.74, 6) is -0.626. The highest BCUT2D eigenvalue weighted by Gasteiger charge is 2.49. The smallest absolute Gasteiger partial charge is 0.302 e. The third kappa shape index (κ3) is 4.45. The average Bonchev–Trinajstić information content (AvgIpc) is 2.55. The van der Waals surface area contributed by atoms with Crippen LogP contribution in [0.4, 0.5) is 0 Å². The van der Waals surface area contributed by atoms with E-state index < -0.39 is 67.4 Å². The quantitative estimate of drug-likeness (QED) is 0.268. The summed E-state index contributed by atoms with van der Waals surface area (Å²) < 4.78 is 20.2. The molecule has 25 heavy (non-hydrogen) atoms. The summed E-state index contributed by atoms with van der Waals surface area (Å²) in [5, 5.41) is 59.4. The fraction of sp³-hybridized carbons (Fsp3) is 0.929. The van der Waals surface area contributed by atoms with Gasteiger partial charge in [0, 0.05) is 6.92 Å². The van der Waals surface area contributed by atoms with E-state index in [4.69, 9.17) is 14.2 Å². The molecular weight excluding hydrogens is 344 g/mol. The molecule has 0 bridgehead atoms. The van der Waals surface area contributed by atoms with Crippen LogP contribution in [0.1, 0.15) is 13.8 Å². The van der Waals surface area contributed by atoms with Gasteiger partial charge < -0.3 is 49.6 Å². The standard InChI is InChI=1S/C14H24O11/c1-4-7(16)9(18)11(20)14(23-4)25-12-10(19)8(17)6(24-13(12)21)3-22-5(2)15/h4,6-14,16-21H,3H2,1-2H3/t4-,6+,7-,8+,9+,10-,11+,12+,13+,14-/m0/s1. The van der Waals surface area contributed by atoms with Crippen molar-refractivity contribution in [3.8, 4) is 0 Å². The molecule has 0 radical (unpaired) electrons. The van der Waals surface area contributed by atoms with Gasteiger partial charge in [0.1, 0.15) is 49.3 Å². The fourth-order valence-corrected chi connectivity index (χ4v) is 2.69. The van der Waals surface area contributed by atoms with Crippen molar-refractivity contribution >= 4 is 5.97 Å². The molecule has 11 heteroatoms. The largest absolute Gasteiger partial charge is 0.463 e. The van der Waals surface area contributed by atoms with Gasteiger partial charge in [-0.25, -0.2) is 0 Å². The third-order valence-corrected chi connectivity index (χ3v) is 4.21. The van der Waals surface area contributed by atoms with E-state index in [0.717, 1.165) is 6.92 Å². The number of hydrogen-bond donors (Lipinski definition) is 6. The SMILES string of the molecule is CC(=O)OC[C@H]1O[C@@H](O)[C@H](O[C@@H]2O[C@@H](C)[C@H](O)[C@@H](O)[C@H]2O)[C@@H](O)[C@@H]1O. The third-order valence-electron chi connectivity index (χ3n) is 4.21. The number of carbonyl (C=O) groups excluding carboxylic acids is 1. The van der Waals surface area contributed by atoms with E-state index in [9.17, 15) is 35.4 Å². The molecular formula is C14H24O11. The summed E-state index contributed by atoms with van der Waals surface area (Å²) >= 11 is 0. The Bertz CT molecular complexity index is 460. The van der Waals surface area contributed by atoms with Crippen LogP contribution in [0.5, 0.6) is 0 Å². The molecule has 0 aromatic heterocycles. The lowest BCUT2D eigenvalue weighted by Gasteiger charge is -2.44. The summed E-state index contributed by atoms with van der Waals surface area (Å²) in [7, 11) is 0. The van der Waals surface area contributed by atoms with E-state index in [0.29, 0.717) is 0 Å². The first-order valence-corrected chi connectivity index (χ1v) is 7.81. The molecule has 2 rings (SSSR count). The first kappa shape index (κ1) is 20.4. The summed E-state index contributed by atoms with van der Waals surface area (Å²) in [6, 6.07) is 0. The second-order valence-electron chi connectivity index (χ2n) is 6.13. The first-order chi connectivity index (χ1) is 11.6. The van der Waals surface area contributed by atoms with Gasteiger partial charge in [-0.15, -0.1) is 0 Å². The monoisotopic (exact) mass is 368 g/mol. The first-order valence-electron chi connectivity index (χ1n) is 7.81. The summed E-state index contributed by atoms with van der Waals surface area (Å²) in [5.41, 5.74) is 0. The second kappa shape index (κ2) is 8.20. The Kier molecular flexibility index (Phi) is 6.70. The van der Waals surface area contributed by atoms with Crippen molar-refractivity contribution in [2.45, 2.75) is 75.3 Å². The number of aliphatic hydroxyl groups is 6. The highest BCUT2D eigenvalue weighted by molar-refractivity contribution is 5.65. The van der Waals surface area contributed by atoms with E-state index >= 15 is 0 Å². The van der Waals surface area contributed by atoms with Crippen molar-refractivity contribution in [3.05, 3.63) is 0 Å². The highest BCUT2D eigenvalue weighted by atomic mass is 16.7. The van der Waals surface area contributed by atoms with Crippen LogP contribution >= 0.6 is 0 Å². The molecule has 10 atom stereocenters. The minimum absolute atomic E-state index is 0.387. The van der Waals surface area contributed by atoms with Gasteiger partial charge in [-0.05, 0) is 6.92 Å². The molecule has 0 unspecified atom stereocenters. The molecule has 2 heterocycles. The van der Waals surface area contributed by atoms with Gasteiger partial charge in [-0.3, -0.25) is 4.79 Å². The Hall–Kier alpha value is -0.890. The summed E-state index contributed by atoms with van der Waals surface area (Å²) in [4.78, 5) is 10.8. The van der Waals surface area contributed by atoms with Gasteiger partial charge >= 0.3 is 5.97 Å². The zero-order valence-electron chi connectivity index (χ0n) is 13.7. The average molecular weight is 368 g/mol. The molecule has 0 aliphatic carbocycles. The van der Waals surface area contributed by atoms with Crippen LogP contribution < -0.4 is 0 Å². The molecule has 2 fully saturated rings. The maximum absolute atomic E-state index is 10.8. The predicted molar refractivity (Wildman–Crippen MR) is 76.8 cm³/mol. The van der Waals surface area contributed by atoms with Crippen molar-refractivity contribution in [1.82, 2.24) is 0 Å². The van der Waals surface area contributed by atoms with Crippen LogP contribution in [0, 0.1) is 0 Å². The van der Waals surface area contributed by atoms with Gasteiger partial charge in [-0.1, -0.05) is 0 Å². The lowest BCUT2D eigenvalue weighted by Crippen LogP contribution is -2.63. The molecule has 11 nitrogen and oxygen atoms in total. The molecule has 2 saturated heterocycles. The second-order valence-corrected chi connectivity index (χ2v) is 6.13. The van der Waals surface area contributed by atoms with Crippen LogP contribution in [0.2, 0.25) is 0 Å². The number of aliphatic hydroxyl groups excluding tert-OH is 6. The number of ether oxygens (including phenoxy) is 4. The Morgan fingerprint density at radius 2 is 1.56 bits per heavy atom. The molecule has 0 saturated carbocycles. The van der Waals surface area contributed by atoms with Crippen molar-refractivity contribution in [2.75, 3.05) is 6.61 Å². The van der Waals surface area contributed by atoms with Crippen molar-refractivity contribution in [2.24, 2.45) is 0 Å². The Labute approximate surface area is 143 Å². The molecule has 2 aliphatic rings. The van der Waals surface area contributed by atoms with E-state index in [2.05, 4.69) is 4.74 Å². The van der Waals surface area contributed by atoms with Gasteiger partial charge in [0.15, 0.2) is 12.6 Å². The number of esters is 1. The van der Waals surface area contributed by atoms with Gasteiger partial charge in [0.2, 0.25) is 0 Å². The van der Waals surface area contributed by atoms with Crippen LogP contribution in [0.15, 0.2) is 0 Å². The van der Waals surface area contributed by atoms with E-state index in [1.165, 1.54) is 6.92 Å². The Morgan fingerprint density at radius 3 is 2.16 bits per heavy atom. The van der Waals surface area contributed by atoms with Crippen LogP contribution in [-0.4, -0.2) is 105 Å².